The molecule has 0 aliphatic carbocycles. The number of nitro groups is 1. The first kappa shape index (κ1) is 17.7. The third-order valence-electron chi connectivity index (χ3n) is 3.83. The van der Waals surface area contributed by atoms with Gasteiger partial charge in [-0.05, 0) is 12.0 Å². The van der Waals surface area contributed by atoms with Crippen molar-refractivity contribution >= 4 is 40.0 Å². The number of non-ortho nitro benzene ring substituents is 1. The van der Waals surface area contributed by atoms with E-state index in [1.54, 1.807) is 12.1 Å². The van der Waals surface area contributed by atoms with Crippen molar-refractivity contribution in [2.24, 2.45) is 0 Å². The highest BCUT2D eigenvalue weighted by molar-refractivity contribution is 8.23. The largest absolute Gasteiger partial charge is 0.467 e. The van der Waals surface area contributed by atoms with Crippen molar-refractivity contribution in [3.63, 3.8) is 0 Å². The van der Waals surface area contributed by atoms with Crippen molar-refractivity contribution in [1.29, 1.82) is 0 Å². The Morgan fingerprint density at radius 2 is 2.13 bits per heavy atom. The standard InChI is InChI=1S/C15H18N2O4S2/c1-3-8-16-14(22)23-10-15(16,13(18)21-2)9-11-4-6-12(7-5-11)17(19)20/h4-7H,3,8-10H2,1-2H3. The fourth-order valence-corrected chi connectivity index (χ4v) is 4.29. The smallest absolute Gasteiger partial charge is 0.332 e. The Balaban J connectivity index is 2.34. The number of esters is 1. The minimum Gasteiger partial charge on any atom is -0.467 e. The minimum absolute atomic E-state index is 0.0302. The van der Waals surface area contributed by atoms with E-state index < -0.39 is 10.5 Å². The van der Waals surface area contributed by atoms with Crippen LogP contribution in [0.2, 0.25) is 0 Å². The monoisotopic (exact) mass is 354 g/mol. The zero-order valence-electron chi connectivity index (χ0n) is 13.0. The van der Waals surface area contributed by atoms with Gasteiger partial charge >= 0.3 is 5.97 Å². The Bertz CT molecular complexity index is 620. The number of carbonyl (C=O) groups excluding carboxylic acids is 1. The average Bonchev–Trinajstić information content (AvgIpc) is 2.85. The molecular weight excluding hydrogens is 336 g/mol. The zero-order valence-corrected chi connectivity index (χ0v) is 14.6. The Kier molecular flexibility index (Phi) is 5.59. The fraction of sp³-hybridized carbons (Fsp3) is 0.467. The second-order valence-electron chi connectivity index (χ2n) is 5.33. The first-order valence-electron chi connectivity index (χ1n) is 7.20. The molecule has 1 aromatic carbocycles. The molecule has 1 aliphatic heterocycles. The second kappa shape index (κ2) is 7.27. The number of hydrogen-bond acceptors (Lipinski definition) is 6. The highest BCUT2D eigenvalue weighted by atomic mass is 32.2. The predicted octanol–water partition coefficient (Wildman–Crippen LogP) is 2.79. The number of carbonyl (C=O) groups is 1. The number of nitrogens with zero attached hydrogens (tertiary/aromatic N) is 2. The molecule has 1 fully saturated rings. The van der Waals surface area contributed by atoms with Gasteiger partial charge in [0.2, 0.25) is 0 Å². The van der Waals surface area contributed by atoms with Gasteiger partial charge in [-0.15, -0.1) is 0 Å². The first-order valence-corrected chi connectivity index (χ1v) is 8.60. The Morgan fingerprint density at radius 1 is 1.48 bits per heavy atom. The van der Waals surface area contributed by atoms with Crippen molar-refractivity contribution in [3.8, 4) is 0 Å². The van der Waals surface area contributed by atoms with Crippen LogP contribution < -0.4 is 0 Å². The Hall–Kier alpha value is -1.67. The van der Waals surface area contributed by atoms with Crippen molar-refractivity contribution in [3.05, 3.63) is 39.9 Å². The molecule has 8 heteroatoms. The third-order valence-corrected chi connectivity index (χ3v) is 5.49. The van der Waals surface area contributed by atoms with E-state index in [2.05, 4.69) is 0 Å². The summed E-state index contributed by atoms with van der Waals surface area (Å²) in [4.78, 5) is 24.7. The molecule has 2 rings (SSSR count). The summed E-state index contributed by atoms with van der Waals surface area (Å²) in [6, 6.07) is 6.26. The molecule has 0 radical (unpaired) electrons. The lowest BCUT2D eigenvalue weighted by Gasteiger charge is -2.36. The van der Waals surface area contributed by atoms with E-state index >= 15 is 0 Å². The summed E-state index contributed by atoms with van der Waals surface area (Å²) in [6.07, 6.45) is 1.27. The highest BCUT2D eigenvalue weighted by Crippen LogP contribution is 2.37. The van der Waals surface area contributed by atoms with Crippen LogP contribution in [-0.2, 0) is 16.0 Å². The molecule has 6 nitrogen and oxygen atoms in total. The summed E-state index contributed by atoms with van der Waals surface area (Å²) in [5, 5.41) is 10.8. The normalized spacial score (nSPS) is 20.6. The molecule has 0 amide bonds. The van der Waals surface area contributed by atoms with Crippen molar-refractivity contribution < 1.29 is 14.5 Å². The molecule has 0 N–H and O–H groups in total. The van der Waals surface area contributed by atoms with Crippen LogP contribution in [0.1, 0.15) is 18.9 Å². The van der Waals surface area contributed by atoms with E-state index in [9.17, 15) is 14.9 Å². The fourth-order valence-electron chi connectivity index (χ4n) is 2.69. The number of hydrogen-bond donors (Lipinski definition) is 0. The maximum Gasteiger partial charge on any atom is 0.332 e. The maximum atomic E-state index is 12.5. The summed E-state index contributed by atoms with van der Waals surface area (Å²) in [7, 11) is 1.37. The van der Waals surface area contributed by atoms with Crippen molar-refractivity contribution in [2.75, 3.05) is 19.4 Å². The van der Waals surface area contributed by atoms with Gasteiger partial charge in [0, 0.05) is 30.9 Å². The number of ether oxygens (including phenoxy) is 1. The summed E-state index contributed by atoms with van der Waals surface area (Å²) >= 11 is 6.86. The maximum absolute atomic E-state index is 12.5. The van der Waals surface area contributed by atoms with E-state index in [1.807, 2.05) is 11.8 Å². The molecule has 1 aromatic rings. The van der Waals surface area contributed by atoms with Crippen LogP contribution in [0.25, 0.3) is 0 Å². The first-order chi connectivity index (χ1) is 10.9. The van der Waals surface area contributed by atoms with Gasteiger partial charge in [-0.3, -0.25) is 10.1 Å². The summed E-state index contributed by atoms with van der Waals surface area (Å²) < 4.78 is 5.73. The summed E-state index contributed by atoms with van der Waals surface area (Å²) in [5.41, 5.74) is 0.0258. The Labute approximate surface area is 144 Å². The topological polar surface area (TPSA) is 72.7 Å². The van der Waals surface area contributed by atoms with Crippen LogP contribution in [0.3, 0.4) is 0 Å². The average molecular weight is 354 g/mol. The molecule has 23 heavy (non-hydrogen) atoms. The lowest BCUT2D eigenvalue weighted by atomic mass is 9.90. The molecule has 0 saturated carbocycles. The molecule has 1 unspecified atom stereocenters. The van der Waals surface area contributed by atoms with Crippen LogP contribution in [0.15, 0.2) is 24.3 Å². The number of rotatable bonds is 6. The van der Waals surface area contributed by atoms with Crippen LogP contribution in [0, 0.1) is 10.1 Å². The van der Waals surface area contributed by atoms with Gasteiger partial charge in [-0.1, -0.05) is 43.0 Å². The second-order valence-corrected chi connectivity index (χ2v) is 6.94. The molecule has 1 heterocycles. The molecule has 0 aromatic heterocycles. The lowest BCUT2D eigenvalue weighted by Crippen LogP contribution is -2.55. The van der Waals surface area contributed by atoms with E-state index in [0.29, 0.717) is 23.0 Å². The molecule has 1 aliphatic rings. The van der Waals surface area contributed by atoms with Crippen molar-refractivity contribution in [2.45, 2.75) is 25.3 Å². The van der Waals surface area contributed by atoms with Gasteiger partial charge < -0.3 is 9.64 Å². The van der Waals surface area contributed by atoms with E-state index in [1.165, 1.54) is 31.0 Å². The third kappa shape index (κ3) is 3.48. The van der Waals surface area contributed by atoms with Gasteiger partial charge in [0.25, 0.3) is 5.69 Å². The quantitative estimate of drug-likeness (QED) is 0.337. The summed E-state index contributed by atoms with van der Waals surface area (Å²) in [5.74, 6) is 0.201. The van der Waals surface area contributed by atoms with Crippen LogP contribution in [0.5, 0.6) is 0 Å². The predicted molar refractivity (Wildman–Crippen MR) is 93.6 cm³/mol. The van der Waals surface area contributed by atoms with Crippen LogP contribution in [-0.4, -0.2) is 45.1 Å². The van der Waals surface area contributed by atoms with E-state index in [0.717, 1.165) is 12.0 Å². The minimum atomic E-state index is -0.845. The van der Waals surface area contributed by atoms with Gasteiger partial charge in [-0.25, -0.2) is 4.79 Å². The zero-order chi connectivity index (χ0) is 17.0. The Morgan fingerprint density at radius 3 is 2.65 bits per heavy atom. The van der Waals surface area contributed by atoms with Gasteiger partial charge in [0.05, 0.1) is 12.0 Å². The lowest BCUT2D eigenvalue weighted by molar-refractivity contribution is -0.384. The summed E-state index contributed by atoms with van der Waals surface area (Å²) in [6.45, 7) is 2.70. The molecule has 0 bridgehead atoms. The number of nitro benzene ring substituents is 1. The van der Waals surface area contributed by atoms with Gasteiger partial charge in [-0.2, -0.15) is 0 Å². The number of thioether (sulfide) groups is 1. The number of methoxy groups -OCH3 is 1. The van der Waals surface area contributed by atoms with E-state index in [-0.39, 0.29) is 11.7 Å². The number of benzene rings is 1. The van der Waals surface area contributed by atoms with Gasteiger partial charge in [0.1, 0.15) is 4.32 Å². The molecule has 124 valence electrons. The highest BCUT2D eigenvalue weighted by Gasteiger charge is 2.50. The molecular formula is C15H18N2O4S2. The van der Waals surface area contributed by atoms with E-state index in [4.69, 9.17) is 17.0 Å². The molecule has 1 atom stereocenters. The van der Waals surface area contributed by atoms with Crippen LogP contribution >= 0.6 is 24.0 Å². The number of thiocarbonyl (C=S) groups is 1. The molecule has 1 saturated heterocycles. The van der Waals surface area contributed by atoms with Crippen molar-refractivity contribution in [1.82, 2.24) is 4.90 Å². The van der Waals surface area contributed by atoms with Crippen LogP contribution in [0.4, 0.5) is 5.69 Å². The molecule has 0 spiro atoms. The van der Waals surface area contributed by atoms with Gasteiger partial charge in [0.15, 0.2) is 5.54 Å². The SMILES string of the molecule is CCCN1C(=S)SCC1(Cc1ccc([N+](=O)[O-])cc1)C(=O)OC.